The largest absolute Gasteiger partial charge is 0.345 e. The average molecular weight is 138 g/mol. The zero-order valence-electron chi connectivity index (χ0n) is 5.42. The normalized spacial score (nSPS) is 9.30. The van der Waals surface area contributed by atoms with Gasteiger partial charge in [-0.15, -0.1) is 0 Å². The van der Waals surface area contributed by atoms with Crippen molar-refractivity contribution >= 4 is 5.78 Å². The van der Waals surface area contributed by atoms with E-state index >= 15 is 0 Å². The summed E-state index contributed by atoms with van der Waals surface area (Å²) in [5.74, 6) is -0.167. The lowest BCUT2D eigenvalue weighted by Crippen LogP contribution is -2.13. The van der Waals surface area contributed by atoms with E-state index in [1.165, 1.54) is 19.2 Å². The molecule has 0 aliphatic heterocycles. The van der Waals surface area contributed by atoms with Gasteiger partial charge < -0.3 is 4.98 Å². The van der Waals surface area contributed by atoms with Crippen molar-refractivity contribution in [2.45, 2.75) is 6.92 Å². The monoisotopic (exact) mass is 138 g/mol. The van der Waals surface area contributed by atoms with Crippen molar-refractivity contribution in [3.63, 3.8) is 0 Å². The maximum Gasteiger partial charge on any atom is 0.345 e. The number of aromatic amines is 1. The van der Waals surface area contributed by atoms with Gasteiger partial charge in [-0.3, -0.25) is 4.79 Å². The highest BCUT2D eigenvalue weighted by atomic mass is 16.1. The van der Waals surface area contributed by atoms with Crippen LogP contribution in [0.3, 0.4) is 0 Å². The van der Waals surface area contributed by atoms with Crippen LogP contribution in [-0.4, -0.2) is 15.8 Å². The molecule has 1 N–H and O–H groups in total. The Hall–Kier alpha value is -1.45. The third-order valence-electron chi connectivity index (χ3n) is 1.05. The summed E-state index contributed by atoms with van der Waals surface area (Å²) in [7, 11) is 0. The van der Waals surface area contributed by atoms with Gasteiger partial charge in [0.2, 0.25) is 0 Å². The molecule has 0 aliphatic carbocycles. The van der Waals surface area contributed by atoms with E-state index in [9.17, 15) is 9.59 Å². The molecule has 10 heavy (non-hydrogen) atoms. The third kappa shape index (κ3) is 1.28. The Morgan fingerprint density at radius 3 is 2.80 bits per heavy atom. The molecular formula is C6H6N2O2. The van der Waals surface area contributed by atoms with E-state index in [0.29, 0.717) is 5.69 Å². The van der Waals surface area contributed by atoms with Crippen LogP contribution in [0, 0.1) is 0 Å². The van der Waals surface area contributed by atoms with Gasteiger partial charge in [-0.2, -0.15) is 0 Å². The second-order valence-corrected chi connectivity index (χ2v) is 1.84. The molecule has 0 unspecified atom stereocenters. The topological polar surface area (TPSA) is 62.8 Å². The van der Waals surface area contributed by atoms with Crippen molar-refractivity contribution in [3.8, 4) is 0 Å². The number of hydrogen-bond donors (Lipinski definition) is 1. The Balaban J connectivity index is 3.20. The smallest absolute Gasteiger partial charge is 0.303 e. The summed E-state index contributed by atoms with van der Waals surface area (Å²) in [6, 6.07) is 1.46. The SMILES string of the molecule is CC(=O)c1ccnc(=O)[nH]1. The lowest BCUT2D eigenvalue weighted by Gasteiger charge is -1.89. The van der Waals surface area contributed by atoms with Crippen molar-refractivity contribution in [2.75, 3.05) is 0 Å². The number of carbonyl (C=O) groups is 1. The van der Waals surface area contributed by atoms with E-state index in [0.717, 1.165) is 0 Å². The fraction of sp³-hybridized carbons (Fsp3) is 0.167. The van der Waals surface area contributed by atoms with Crippen LogP contribution in [0.15, 0.2) is 17.1 Å². The van der Waals surface area contributed by atoms with Gasteiger partial charge >= 0.3 is 5.69 Å². The molecule has 4 heteroatoms. The summed E-state index contributed by atoms with van der Waals surface area (Å²) in [6.45, 7) is 1.38. The maximum absolute atomic E-state index is 10.6. The minimum atomic E-state index is -0.493. The first-order chi connectivity index (χ1) is 4.70. The van der Waals surface area contributed by atoms with Crippen LogP contribution < -0.4 is 5.69 Å². The van der Waals surface area contributed by atoms with Gasteiger partial charge in [-0.1, -0.05) is 0 Å². The summed E-state index contributed by atoms with van der Waals surface area (Å²) in [5.41, 5.74) is -0.201. The molecule has 0 bridgehead atoms. The number of nitrogens with one attached hydrogen (secondary N) is 1. The quantitative estimate of drug-likeness (QED) is 0.554. The van der Waals surface area contributed by atoms with Crippen molar-refractivity contribution in [2.24, 2.45) is 0 Å². The Bertz CT molecular complexity index is 303. The Morgan fingerprint density at radius 1 is 1.70 bits per heavy atom. The van der Waals surface area contributed by atoms with E-state index in [1.54, 1.807) is 0 Å². The second kappa shape index (κ2) is 2.43. The van der Waals surface area contributed by atoms with E-state index in [-0.39, 0.29) is 5.78 Å². The molecule has 1 aromatic heterocycles. The Morgan fingerprint density at radius 2 is 2.40 bits per heavy atom. The molecule has 0 spiro atoms. The fourth-order valence-corrected chi connectivity index (χ4v) is 0.574. The van der Waals surface area contributed by atoms with Crippen molar-refractivity contribution in [1.29, 1.82) is 0 Å². The van der Waals surface area contributed by atoms with Gasteiger partial charge in [0.1, 0.15) is 0 Å². The summed E-state index contributed by atoms with van der Waals surface area (Å²) in [4.78, 5) is 26.7. The number of H-pyrrole nitrogens is 1. The first kappa shape index (κ1) is 6.67. The van der Waals surface area contributed by atoms with Crippen LogP contribution in [0.5, 0.6) is 0 Å². The van der Waals surface area contributed by atoms with Gasteiger partial charge in [-0.05, 0) is 6.07 Å². The zero-order valence-corrected chi connectivity index (χ0v) is 5.42. The molecule has 1 rings (SSSR count). The summed E-state index contributed by atoms with van der Waals surface area (Å²) >= 11 is 0. The number of hydrogen-bond acceptors (Lipinski definition) is 3. The molecule has 0 aromatic carbocycles. The van der Waals surface area contributed by atoms with Gasteiger partial charge in [-0.25, -0.2) is 9.78 Å². The van der Waals surface area contributed by atoms with Crippen LogP contribution in [0.1, 0.15) is 17.4 Å². The lowest BCUT2D eigenvalue weighted by molar-refractivity contribution is 0.101. The maximum atomic E-state index is 10.6. The molecular weight excluding hydrogens is 132 g/mol. The number of carbonyl (C=O) groups excluding carboxylic acids is 1. The van der Waals surface area contributed by atoms with Gasteiger partial charge in [0.05, 0.1) is 5.69 Å². The van der Waals surface area contributed by atoms with E-state index in [1.807, 2.05) is 0 Å². The molecule has 1 heterocycles. The predicted octanol–water partition coefficient (Wildman–Crippen LogP) is -0.0275. The van der Waals surface area contributed by atoms with Gasteiger partial charge in [0, 0.05) is 13.1 Å². The van der Waals surface area contributed by atoms with Crippen LogP contribution >= 0.6 is 0 Å². The average Bonchev–Trinajstić information content (AvgIpc) is 1.88. The van der Waals surface area contributed by atoms with Crippen molar-refractivity contribution in [1.82, 2.24) is 9.97 Å². The van der Waals surface area contributed by atoms with E-state index < -0.39 is 5.69 Å². The first-order valence-electron chi connectivity index (χ1n) is 2.76. The number of rotatable bonds is 1. The Labute approximate surface area is 56.9 Å². The summed E-state index contributed by atoms with van der Waals surface area (Å²) in [5, 5.41) is 0. The number of nitrogens with zero attached hydrogens (tertiary/aromatic N) is 1. The van der Waals surface area contributed by atoms with Crippen molar-refractivity contribution in [3.05, 3.63) is 28.4 Å². The third-order valence-corrected chi connectivity index (χ3v) is 1.05. The molecule has 4 nitrogen and oxygen atoms in total. The van der Waals surface area contributed by atoms with E-state index in [4.69, 9.17) is 0 Å². The number of Topliss-reactive ketones (excluding diaryl/α,β-unsaturated/α-hetero) is 1. The lowest BCUT2D eigenvalue weighted by atomic mass is 10.3. The van der Waals surface area contributed by atoms with Crippen LogP contribution in [0.4, 0.5) is 0 Å². The summed E-state index contributed by atoms with van der Waals surface area (Å²) < 4.78 is 0. The molecule has 0 radical (unpaired) electrons. The standard InChI is InChI=1S/C6H6N2O2/c1-4(9)5-2-3-7-6(10)8-5/h2-3H,1H3,(H,7,8,10). The van der Waals surface area contributed by atoms with E-state index in [2.05, 4.69) is 9.97 Å². The van der Waals surface area contributed by atoms with Crippen LogP contribution in [-0.2, 0) is 0 Å². The predicted molar refractivity (Wildman–Crippen MR) is 34.9 cm³/mol. The van der Waals surface area contributed by atoms with Crippen molar-refractivity contribution < 1.29 is 4.79 Å². The number of ketones is 1. The highest BCUT2D eigenvalue weighted by Crippen LogP contribution is 1.87. The number of aromatic nitrogens is 2. The zero-order chi connectivity index (χ0) is 7.56. The molecule has 0 fully saturated rings. The molecule has 0 aliphatic rings. The molecule has 0 saturated heterocycles. The first-order valence-corrected chi connectivity index (χ1v) is 2.76. The van der Waals surface area contributed by atoms with Gasteiger partial charge in [0.25, 0.3) is 0 Å². The molecule has 0 amide bonds. The van der Waals surface area contributed by atoms with Crippen LogP contribution in [0.2, 0.25) is 0 Å². The minimum absolute atomic E-state index is 0.167. The molecule has 0 saturated carbocycles. The molecule has 52 valence electrons. The summed E-state index contributed by atoms with van der Waals surface area (Å²) in [6.07, 6.45) is 1.30. The van der Waals surface area contributed by atoms with Gasteiger partial charge in [0.15, 0.2) is 5.78 Å². The highest BCUT2D eigenvalue weighted by Gasteiger charge is 1.96. The Kier molecular flexibility index (Phi) is 1.62. The highest BCUT2D eigenvalue weighted by molar-refractivity contribution is 5.91. The molecule has 1 aromatic rings. The molecule has 0 atom stereocenters. The fourth-order valence-electron chi connectivity index (χ4n) is 0.574. The minimum Gasteiger partial charge on any atom is -0.303 e. The van der Waals surface area contributed by atoms with Crippen LogP contribution in [0.25, 0.3) is 0 Å². The second-order valence-electron chi connectivity index (χ2n) is 1.84.